The number of piperidine rings is 1. The molecule has 0 N–H and O–H groups in total. The minimum Gasteiger partial charge on any atom is -0.462 e. The molecule has 0 aliphatic carbocycles. The molecule has 1 aromatic rings. The first-order chi connectivity index (χ1) is 18.7. The van der Waals surface area contributed by atoms with Crippen LogP contribution in [0.3, 0.4) is 0 Å². The normalized spacial score (nSPS) is 26.4. The highest BCUT2D eigenvalue weighted by molar-refractivity contribution is 5.69. The molecular weight excluding hydrogens is 482 g/mol. The van der Waals surface area contributed by atoms with Crippen molar-refractivity contribution in [3.63, 3.8) is 0 Å². The zero-order valence-electron chi connectivity index (χ0n) is 26.6. The van der Waals surface area contributed by atoms with Crippen LogP contribution in [-0.4, -0.2) is 28.2 Å². The van der Waals surface area contributed by atoms with Gasteiger partial charge in [-0.15, -0.1) is 0 Å². The lowest BCUT2D eigenvalue weighted by Crippen LogP contribution is -2.68. The number of hydrogen-bond acceptors (Lipinski definition) is 4. The van der Waals surface area contributed by atoms with Crippen molar-refractivity contribution in [2.45, 2.75) is 174 Å². The van der Waals surface area contributed by atoms with Crippen LogP contribution in [0.2, 0.25) is 0 Å². The number of nitrogens with zero attached hydrogens (tertiary/aromatic N) is 1. The van der Waals surface area contributed by atoms with E-state index in [0.717, 1.165) is 32.1 Å². The van der Waals surface area contributed by atoms with Crippen molar-refractivity contribution < 1.29 is 14.4 Å². The highest BCUT2D eigenvalue weighted by atomic mass is 16.7. The molecule has 4 heteroatoms. The van der Waals surface area contributed by atoms with Crippen molar-refractivity contribution in [1.82, 2.24) is 5.06 Å². The Kier molecular flexibility index (Phi) is 15.1. The van der Waals surface area contributed by atoms with Gasteiger partial charge in [0.15, 0.2) is 0 Å². The lowest BCUT2D eigenvalue weighted by molar-refractivity contribution is -0.336. The molecule has 39 heavy (non-hydrogen) atoms. The first-order valence-corrected chi connectivity index (χ1v) is 16.4. The Hall–Kier alpha value is -1.39. The van der Waals surface area contributed by atoms with Crippen molar-refractivity contribution in [3.8, 4) is 0 Å². The van der Waals surface area contributed by atoms with Gasteiger partial charge < -0.3 is 4.74 Å². The molecule has 1 aromatic carbocycles. The van der Waals surface area contributed by atoms with Crippen LogP contribution >= 0.6 is 0 Å². The third kappa shape index (κ3) is 10.2. The van der Waals surface area contributed by atoms with Crippen LogP contribution in [0.25, 0.3) is 0 Å². The van der Waals surface area contributed by atoms with Crippen LogP contribution in [-0.2, 0) is 14.4 Å². The first-order valence-electron chi connectivity index (χ1n) is 16.4. The van der Waals surface area contributed by atoms with Crippen LogP contribution in [0.5, 0.6) is 0 Å². The predicted molar refractivity (Wildman–Crippen MR) is 165 cm³/mol. The maximum atomic E-state index is 12.9. The van der Waals surface area contributed by atoms with Gasteiger partial charge in [-0.1, -0.05) is 129 Å². The molecule has 0 saturated carbocycles. The number of benzene rings is 1. The average Bonchev–Trinajstić information content (AvgIpc) is 2.95. The summed E-state index contributed by atoms with van der Waals surface area (Å²) in [6.45, 7) is 15.7. The molecule has 1 saturated heterocycles. The van der Waals surface area contributed by atoms with E-state index in [1.54, 1.807) is 0 Å². The van der Waals surface area contributed by atoms with E-state index in [2.05, 4.69) is 77.8 Å². The summed E-state index contributed by atoms with van der Waals surface area (Å²) in [6, 6.07) is 10.4. The standard InChI is InChI=1S/C35H61NO3/c1-8-11-12-13-14-15-16-17-18-19-20-24-27-33(37)38-32-28-34(6,9-2)36(35(7,10-3)29(32)4)39-30(5)31-25-22-21-23-26-31/h21-23,25-26,29-30,32H,8-20,24,27-28H2,1-7H3. The third-order valence-corrected chi connectivity index (χ3v) is 9.66. The summed E-state index contributed by atoms with van der Waals surface area (Å²) in [6.07, 6.45) is 18.7. The van der Waals surface area contributed by atoms with Crippen LogP contribution in [0.4, 0.5) is 0 Å². The van der Waals surface area contributed by atoms with Crippen LogP contribution in [0, 0.1) is 5.92 Å². The minimum atomic E-state index is -0.229. The molecule has 1 aliphatic rings. The van der Waals surface area contributed by atoms with Crippen LogP contribution in [0.1, 0.15) is 163 Å². The number of carbonyl (C=O) groups is 1. The highest BCUT2D eigenvalue weighted by Crippen LogP contribution is 2.48. The molecule has 0 radical (unpaired) electrons. The quantitative estimate of drug-likeness (QED) is 0.128. The van der Waals surface area contributed by atoms with E-state index >= 15 is 0 Å². The molecule has 1 heterocycles. The number of rotatable bonds is 19. The predicted octanol–water partition coefficient (Wildman–Crippen LogP) is 10.4. The van der Waals surface area contributed by atoms with Gasteiger partial charge in [-0.05, 0) is 45.6 Å². The van der Waals surface area contributed by atoms with E-state index in [-0.39, 0.29) is 35.2 Å². The first kappa shape index (κ1) is 33.8. The Morgan fingerprint density at radius 1 is 0.872 bits per heavy atom. The SMILES string of the molecule is CCCCCCCCCCCCCCC(=O)OC1CC(C)(CC)N(OC(C)c2ccccc2)C(C)(CC)C1C. The van der Waals surface area contributed by atoms with Crippen LogP contribution < -0.4 is 0 Å². The maximum Gasteiger partial charge on any atom is 0.306 e. The molecule has 1 aliphatic heterocycles. The Morgan fingerprint density at radius 3 is 1.92 bits per heavy atom. The Balaban J connectivity index is 1.81. The molecule has 4 nitrogen and oxygen atoms in total. The van der Waals surface area contributed by atoms with Gasteiger partial charge in [-0.25, -0.2) is 0 Å². The van der Waals surface area contributed by atoms with Gasteiger partial charge in [-0.2, -0.15) is 5.06 Å². The Labute approximate surface area is 241 Å². The largest absolute Gasteiger partial charge is 0.462 e. The van der Waals surface area contributed by atoms with Gasteiger partial charge in [-0.3, -0.25) is 9.63 Å². The lowest BCUT2D eigenvalue weighted by atomic mass is 9.69. The van der Waals surface area contributed by atoms with Crippen LogP contribution in [0.15, 0.2) is 30.3 Å². The zero-order chi connectivity index (χ0) is 28.7. The number of hydroxylamine groups is 2. The second kappa shape index (κ2) is 17.4. The van der Waals surface area contributed by atoms with E-state index in [1.807, 2.05) is 6.07 Å². The monoisotopic (exact) mass is 543 g/mol. The fourth-order valence-electron chi connectivity index (χ4n) is 6.32. The van der Waals surface area contributed by atoms with E-state index in [4.69, 9.17) is 9.57 Å². The molecule has 224 valence electrons. The number of esters is 1. The summed E-state index contributed by atoms with van der Waals surface area (Å²) in [4.78, 5) is 19.7. The molecule has 0 amide bonds. The van der Waals surface area contributed by atoms with Crippen molar-refractivity contribution in [2.24, 2.45) is 5.92 Å². The summed E-state index contributed by atoms with van der Waals surface area (Å²) in [5.74, 6) is 0.152. The van der Waals surface area contributed by atoms with E-state index < -0.39 is 0 Å². The van der Waals surface area contributed by atoms with Crippen molar-refractivity contribution >= 4 is 5.97 Å². The molecule has 1 fully saturated rings. The molecule has 2 rings (SSSR count). The van der Waals surface area contributed by atoms with Gasteiger partial charge in [0, 0.05) is 29.8 Å². The number of ether oxygens (including phenoxy) is 1. The maximum absolute atomic E-state index is 12.9. The molecule has 5 unspecified atom stereocenters. The van der Waals surface area contributed by atoms with Gasteiger partial charge in [0.2, 0.25) is 0 Å². The van der Waals surface area contributed by atoms with E-state index in [9.17, 15) is 4.79 Å². The summed E-state index contributed by atoms with van der Waals surface area (Å²) in [5, 5.41) is 2.28. The molecule has 5 atom stereocenters. The number of carbonyl (C=O) groups excluding carboxylic acids is 1. The zero-order valence-corrected chi connectivity index (χ0v) is 26.6. The van der Waals surface area contributed by atoms with E-state index in [0.29, 0.717) is 6.42 Å². The smallest absolute Gasteiger partial charge is 0.306 e. The Morgan fingerprint density at radius 2 is 1.41 bits per heavy atom. The number of hydrogen-bond donors (Lipinski definition) is 0. The fourth-order valence-corrected chi connectivity index (χ4v) is 6.32. The summed E-state index contributed by atoms with van der Waals surface area (Å²) < 4.78 is 6.21. The lowest BCUT2D eigenvalue weighted by Gasteiger charge is -2.59. The average molecular weight is 544 g/mol. The van der Waals surface area contributed by atoms with Gasteiger partial charge in [0.05, 0.1) is 0 Å². The molecule has 0 spiro atoms. The number of unbranched alkanes of at least 4 members (excludes halogenated alkanes) is 11. The van der Waals surface area contributed by atoms with Gasteiger partial charge in [0.25, 0.3) is 0 Å². The summed E-state index contributed by atoms with van der Waals surface area (Å²) in [7, 11) is 0. The third-order valence-electron chi connectivity index (χ3n) is 9.66. The molecular formula is C35H61NO3. The Bertz CT molecular complexity index is 798. The van der Waals surface area contributed by atoms with Gasteiger partial charge >= 0.3 is 5.97 Å². The second-order valence-corrected chi connectivity index (χ2v) is 12.7. The highest BCUT2D eigenvalue weighted by Gasteiger charge is 2.55. The molecule has 0 aromatic heterocycles. The summed E-state index contributed by atoms with van der Waals surface area (Å²) in [5.41, 5.74) is 0.742. The van der Waals surface area contributed by atoms with Crippen molar-refractivity contribution in [1.29, 1.82) is 0 Å². The fraction of sp³-hybridized carbons (Fsp3) is 0.800. The van der Waals surface area contributed by atoms with Gasteiger partial charge in [0.1, 0.15) is 12.2 Å². The van der Waals surface area contributed by atoms with Crippen molar-refractivity contribution in [2.75, 3.05) is 0 Å². The molecule has 0 bridgehead atoms. The topological polar surface area (TPSA) is 38.8 Å². The minimum absolute atomic E-state index is 0.0251. The summed E-state index contributed by atoms with van der Waals surface area (Å²) >= 11 is 0. The second-order valence-electron chi connectivity index (χ2n) is 12.7. The van der Waals surface area contributed by atoms with Crippen molar-refractivity contribution in [3.05, 3.63) is 35.9 Å². The van der Waals surface area contributed by atoms with E-state index in [1.165, 1.54) is 69.8 Å².